The fraction of sp³-hybridized carbons (Fsp3) is 0.429. The highest BCUT2D eigenvalue weighted by Crippen LogP contribution is 2.14. The molecule has 1 aromatic rings. The number of hydrogen-bond donors (Lipinski definition) is 0. The Hall–Kier alpha value is -0.240. The second kappa shape index (κ2) is 3.06. The van der Waals surface area contributed by atoms with Gasteiger partial charge in [-0.2, -0.15) is 0 Å². The van der Waals surface area contributed by atoms with E-state index in [1.54, 1.807) is 6.26 Å². The van der Waals surface area contributed by atoms with Gasteiger partial charge in [-0.05, 0) is 28.4 Å². The first-order valence-corrected chi connectivity index (χ1v) is 3.85. The van der Waals surface area contributed by atoms with Crippen LogP contribution in [0.3, 0.4) is 0 Å². The first-order chi connectivity index (χ1) is 4.33. The monoisotopic (exact) mass is 188 g/mol. The molecule has 0 radical (unpaired) electrons. The average molecular weight is 189 g/mol. The van der Waals surface area contributed by atoms with Crippen LogP contribution in [0.1, 0.15) is 19.1 Å². The van der Waals surface area contributed by atoms with E-state index in [0.717, 1.165) is 23.1 Å². The third kappa shape index (κ3) is 1.86. The van der Waals surface area contributed by atoms with Crippen LogP contribution in [0.15, 0.2) is 21.2 Å². The molecule has 2 heteroatoms. The van der Waals surface area contributed by atoms with Crippen molar-refractivity contribution in [3.8, 4) is 0 Å². The third-order valence-electron chi connectivity index (χ3n) is 1.12. The van der Waals surface area contributed by atoms with Gasteiger partial charge in [0.15, 0.2) is 0 Å². The molecule has 0 aliphatic carbocycles. The van der Waals surface area contributed by atoms with Crippen LogP contribution in [0.4, 0.5) is 0 Å². The normalized spacial score (nSPS) is 10.0. The second-order valence-electron chi connectivity index (χ2n) is 1.98. The summed E-state index contributed by atoms with van der Waals surface area (Å²) in [5, 5.41) is 0. The summed E-state index contributed by atoms with van der Waals surface area (Å²) in [5.74, 6) is 1.06. The van der Waals surface area contributed by atoms with E-state index in [9.17, 15) is 0 Å². The Morgan fingerprint density at radius 1 is 1.67 bits per heavy atom. The van der Waals surface area contributed by atoms with Crippen molar-refractivity contribution in [1.29, 1.82) is 0 Å². The zero-order valence-electron chi connectivity index (χ0n) is 5.36. The molecule has 9 heavy (non-hydrogen) atoms. The van der Waals surface area contributed by atoms with Crippen molar-refractivity contribution in [2.24, 2.45) is 0 Å². The lowest BCUT2D eigenvalue weighted by atomic mass is 10.3. The molecule has 0 saturated carbocycles. The third-order valence-corrected chi connectivity index (χ3v) is 1.53. The van der Waals surface area contributed by atoms with E-state index < -0.39 is 0 Å². The minimum Gasteiger partial charge on any atom is -0.468 e. The first-order valence-electron chi connectivity index (χ1n) is 3.06. The van der Waals surface area contributed by atoms with Gasteiger partial charge in [-0.1, -0.05) is 6.92 Å². The van der Waals surface area contributed by atoms with E-state index >= 15 is 0 Å². The van der Waals surface area contributed by atoms with Gasteiger partial charge in [-0.25, -0.2) is 0 Å². The summed E-state index contributed by atoms with van der Waals surface area (Å²) in [6.07, 6.45) is 3.89. The predicted molar refractivity (Wildman–Crippen MR) is 40.4 cm³/mol. The summed E-state index contributed by atoms with van der Waals surface area (Å²) < 4.78 is 6.19. The van der Waals surface area contributed by atoms with Gasteiger partial charge in [0.1, 0.15) is 12.0 Å². The van der Waals surface area contributed by atoms with E-state index in [1.165, 1.54) is 0 Å². The van der Waals surface area contributed by atoms with Crippen molar-refractivity contribution < 1.29 is 4.42 Å². The van der Waals surface area contributed by atoms with Crippen LogP contribution in [0.2, 0.25) is 0 Å². The highest BCUT2D eigenvalue weighted by Gasteiger charge is 1.95. The van der Waals surface area contributed by atoms with Gasteiger partial charge in [0, 0.05) is 6.42 Å². The Bertz CT molecular complexity index is 181. The maximum absolute atomic E-state index is 5.16. The second-order valence-corrected chi connectivity index (χ2v) is 2.90. The minimum absolute atomic E-state index is 1.03. The summed E-state index contributed by atoms with van der Waals surface area (Å²) in [6, 6.07) is 2.00. The van der Waals surface area contributed by atoms with Crippen molar-refractivity contribution in [3.05, 3.63) is 22.6 Å². The average Bonchev–Trinajstić information content (AvgIpc) is 2.17. The zero-order valence-corrected chi connectivity index (χ0v) is 6.94. The molecule has 0 saturated heterocycles. The standard InChI is InChI=1S/C7H9BrO/c1-2-3-7-4-6(8)5-9-7/h4-5H,2-3H2,1H3. The maximum atomic E-state index is 5.16. The summed E-state index contributed by atoms with van der Waals surface area (Å²) in [7, 11) is 0. The Morgan fingerprint density at radius 2 is 2.44 bits per heavy atom. The van der Waals surface area contributed by atoms with Gasteiger partial charge >= 0.3 is 0 Å². The first kappa shape index (κ1) is 6.87. The molecule has 0 N–H and O–H groups in total. The molecule has 1 aromatic heterocycles. The fourth-order valence-corrected chi connectivity index (χ4v) is 1.08. The molecule has 0 spiro atoms. The molecule has 0 aliphatic rings. The van der Waals surface area contributed by atoms with Crippen molar-refractivity contribution in [2.75, 3.05) is 0 Å². The van der Waals surface area contributed by atoms with Crippen LogP contribution in [0.5, 0.6) is 0 Å². The smallest absolute Gasteiger partial charge is 0.105 e. The van der Waals surface area contributed by atoms with Crippen LogP contribution in [0.25, 0.3) is 0 Å². The molecule has 1 heterocycles. The minimum atomic E-state index is 1.03. The Balaban J connectivity index is 2.61. The summed E-state index contributed by atoms with van der Waals surface area (Å²) in [4.78, 5) is 0. The van der Waals surface area contributed by atoms with Gasteiger partial charge in [0.05, 0.1) is 4.47 Å². The van der Waals surface area contributed by atoms with Crippen molar-refractivity contribution in [3.63, 3.8) is 0 Å². The maximum Gasteiger partial charge on any atom is 0.105 e. The summed E-state index contributed by atoms with van der Waals surface area (Å²) in [6.45, 7) is 2.14. The van der Waals surface area contributed by atoms with E-state index in [2.05, 4.69) is 22.9 Å². The van der Waals surface area contributed by atoms with Crippen molar-refractivity contribution in [1.82, 2.24) is 0 Å². The van der Waals surface area contributed by atoms with Crippen molar-refractivity contribution in [2.45, 2.75) is 19.8 Å². The highest BCUT2D eigenvalue weighted by molar-refractivity contribution is 9.10. The quantitative estimate of drug-likeness (QED) is 0.696. The molecular formula is C7H9BrO. The number of rotatable bonds is 2. The molecule has 0 amide bonds. The summed E-state index contributed by atoms with van der Waals surface area (Å²) >= 11 is 3.31. The lowest BCUT2D eigenvalue weighted by Crippen LogP contribution is -1.74. The van der Waals surface area contributed by atoms with Crippen LogP contribution >= 0.6 is 15.9 Å². The number of aryl methyl sites for hydroxylation is 1. The fourth-order valence-electron chi connectivity index (χ4n) is 0.731. The lowest BCUT2D eigenvalue weighted by Gasteiger charge is -1.85. The van der Waals surface area contributed by atoms with Gasteiger partial charge in [-0.15, -0.1) is 0 Å². The Labute approximate surface area is 63.2 Å². The largest absolute Gasteiger partial charge is 0.468 e. The van der Waals surface area contributed by atoms with Crippen LogP contribution in [0, 0.1) is 0 Å². The number of furan rings is 1. The molecule has 0 bridgehead atoms. The van der Waals surface area contributed by atoms with Gasteiger partial charge in [-0.3, -0.25) is 0 Å². The molecule has 50 valence electrons. The molecule has 0 aliphatic heterocycles. The Morgan fingerprint density at radius 3 is 2.89 bits per heavy atom. The number of halogens is 1. The SMILES string of the molecule is CCCc1cc(Br)co1. The summed E-state index contributed by atoms with van der Waals surface area (Å²) in [5.41, 5.74) is 0. The molecule has 0 unspecified atom stereocenters. The zero-order chi connectivity index (χ0) is 6.69. The van der Waals surface area contributed by atoms with Gasteiger partial charge < -0.3 is 4.42 Å². The Kier molecular flexibility index (Phi) is 2.34. The van der Waals surface area contributed by atoms with E-state index in [-0.39, 0.29) is 0 Å². The van der Waals surface area contributed by atoms with E-state index in [0.29, 0.717) is 0 Å². The molecule has 0 atom stereocenters. The van der Waals surface area contributed by atoms with Gasteiger partial charge in [0.25, 0.3) is 0 Å². The molecule has 1 rings (SSSR count). The van der Waals surface area contributed by atoms with Gasteiger partial charge in [0.2, 0.25) is 0 Å². The molecule has 1 nitrogen and oxygen atoms in total. The van der Waals surface area contributed by atoms with Crippen LogP contribution in [-0.4, -0.2) is 0 Å². The molecular weight excluding hydrogens is 180 g/mol. The topological polar surface area (TPSA) is 13.1 Å². The number of hydrogen-bond acceptors (Lipinski definition) is 1. The highest BCUT2D eigenvalue weighted by atomic mass is 79.9. The van der Waals surface area contributed by atoms with Crippen LogP contribution in [-0.2, 0) is 6.42 Å². The lowest BCUT2D eigenvalue weighted by molar-refractivity contribution is 0.505. The molecule has 0 fully saturated rings. The van der Waals surface area contributed by atoms with Crippen LogP contribution < -0.4 is 0 Å². The molecule has 0 aromatic carbocycles. The van der Waals surface area contributed by atoms with Crippen molar-refractivity contribution >= 4 is 15.9 Å². The van der Waals surface area contributed by atoms with E-state index in [1.807, 2.05) is 6.07 Å². The predicted octanol–water partition coefficient (Wildman–Crippen LogP) is 2.99. The van der Waals surface area contributed by atoms with E-state index in [4.69, 9.17) is 4.42 Å².